The summed E-state index contributed by atoms with van der Waals surface area (Å²) in [5, 5.41) is 0. The Labute approximate surface area is 323 Å². The van der Waals surface area contributed by atoms with Crippen LogP contribution < -0.4 is 9.80 Å². The highest BCUT2D eigenvalue weighted by Gasteiger charge is 2.30. The molecule has 0 radical (unpaired) electrons. The van der Waals surface area contributed by atoms with Crippen LogP contribution in [0.5, 0.6) is 0 Å². The van der Waals surface area contributed by atoms with E-state index in [-0.39, 0.29) is 0 Å². The van der Waals surface area contributed by atoms with E-state index < -0.39 is 0 Å². The minimum Gasteiger partial charge on any atom is -0.305 e. The van der Waals surface area contributed by atoms with Crippen molar-refractivity contribution in [2.24, 2.45) is 0 Å². The van der Waals surface area contributed by atoms with Crippen LogP contribution in [0.25, 0.3) is 55.8 Å². The van der Waals surface area contributed by atoms with Gasteiger partial charge in [-0.05, 0) is 131 Å². The van der Waals surface area contributed by atoms with Gasteiger partial charge in [0.15, 0.2) is 11.6 Å². The predicted octanol–water partition coefficient (Wildman–Crippen LogP) is 12.7. The summed E-state index contributed by atoms with van der Waals surface area (Å²) < 4.78 is 0. The highest BCUT2D eigenvalue weighted by atomic mass is 15.4. The summed E-state index contributed by atoms with van der Waals surface area (Å²) in [5.74, 6) is 1.73. The monoisotopic (exact) mass is 711 g/mol. The Morgan fingerprint density at radius 1 is 0.364 bits per heavy atom. The van der Waals surface area contributed by atoms with Crippen LogP contribution in [0.3, 0.4) is 0 Å². The number of hydrogen-bond donors (Lipinski definition) is 0. The first kappa shape index (κ1) is 34.0. The minimum absolute atomic E-state index is 0.641. The van der Waals surface area contributed by atoms with Gasteiger partial charge in [-0.2, -0.15) is 0 Å². The second-order valence-corrected chi connectivity index (χ2v) is 14.2. The van der Waals surface area contributed by atoms with Gasteiger partial charge >= 0.3 is 0 Å². The fourth-order valence-electron chi connectivity index (χ4n) is 8.20. The normalized spacial score (nSPS) is 12.2. The van der Waals surface area contributed by atoms with Gasteiger partial charge in [-0.1, -0.05) is 109 Å². The van der Waals surface area contributed by atoms with Gasteiger partial charge in [0.25, 0.3) is 0 Å². The Hall–Kier alpha value is -6.85. The zero-order valence-electron chi connectivity index (χ0n) is 31.5. The van der Waals surface area contributed by atoms with Gasteiger partial charge in [-0.25, -0.2) is 9.97 Å². The average molecular weight is 712 g/mol. The Kier molecular flexibility index (Phi) is 8.75. The molecule has 0 fully saturated rings. The topological polar surface area (TPSA) is 45.2 Å². The molecule has 1 aliphatic heterocycles. The third-order valence-corrected chi connectivity index (χ3v) is 11.2. The van der Waals surface area contributed by atoms with Gasteiger partial charge in [-0.15, -0.1) is 0 Å². The predicted molar refractivity (Wildman–Crippen MR) is 228 cm³/mol. The number of hydrogen-bond acceptors (Lipinski definition) is 5. The number of aromatic nitrogens is 3. The van der Waals surface area contributed by atoms with Crippen LogP contribution in [0.1, 0.15) is 22.3 Å². The smallest absolute Gasteiger partial charge is 0.178 e. The number of pyridine rings is 1. The molecule has 0 unspecified atom stereocenters. The fourth-order valence-corrected chi connectivity index (χ4v) is 8.20. The standard InChI is InChI=1S/C50H41N5/c1-33-35(3)48(36(4)34(2)47(33)44-18-10-8-16-42(44)37-21-23-39(24-22-37)46-20-12-13-29-51-46)45-19-11-9-17-43(45)38-25-27-41(28-26-38)55-32-54(40-14-6-5-7-15-40)49-50(55)53-31-30-52-49/h5-31H,32H2,1-4H3. The van der Waals surface area contributed by atoms with Crippen LogP contribution in [0.15, 0.2) is 164 Å². The van der Waals surface area contributed by atoms with Crippen molar-refractivity contribution in [3.8, 4) is 55.8 Å². The number of anilines is 4. The van der Waals surface area contributed by atoms with Gasteiger partial charge in [0.05, 0.1) is 5.69 Å². The molecule has 3 heterocycles. The summed E-state index contributed by atoms with van der Waals surface area (Å²) in [7, 11) is 0. The summed E-state index contributed by atoms with van der Waals surface area (Å²) in [6.45, 7) is 9.79. The first-order valence-electron chi connectivity index (χ1n) is 18.8. The molecule has 0 atom stereocenters. The molecule has 0 saturated carbocycles. The lowest BCUT2D eigenvalue weighted by molar-refractivity contribution is 0.976. The molecule has 0 N–H and O–H groups in total. The molecular weight excluding hydrogens is 671 g/mol. The van der Waals surface area contributed by atoms with Crippen LogP contribution in [-0.4, -0.2) is 21.6 Å². The maximum atomic E-state index is 4.75. The molecule has 1 aliphatic rings. The van der Waals surface area contributed by atoms with E-state index in [9.17, 15) is 0 Å². The van der Waals surface area contributed by atoms with Gasteiger partial charge in [0, 0.05) is 35.5 Å². The van der Waals surface area contributed by atoms with E-state index in [1.165, 1.54) is 66.8 Å². The van der Waals surface area contributed by atoms with Crippen molar-refractivity contribution < 1.29 is 0 Å². The first-order valence-corrected chi connectivity index (χ1v) is 18.8. The van der Waals surface area contributed by atoms with Crippen LogP contribution in [0.2, 0.25) is 0 Å². The zero-order chi connectivity index (χ0) is 37.5. The van der Waals surface area contributed by atoms with Crippen LogP contribution in [0, 0.1) is 27.7 Å². The van der Waals surface area contributed by atoms with E-state index in [4.69, 9.17) is 9.97 Å². The Balaban J connectivity index is 1.07. The molecule has 8 aromatic rings. The van der Waals surface area contributed by atoms with Crippen molar-refractivity contribution in [1.82, 2.24) is 15.0 Å². The zero-order valence-corrected chi connectivity index (χ0v) is 31.5. The minimum atomic E-state index is 0.641. The number of rotatable bonds is 7. The van der Waals surface area contributed by atoms with Crippen molar-refractivity contribution in [1.29, 1.82) is 0 Å². The molecule has 0 spiro atoms. The van der Waals surface area contributed by atoms with Crippen LogP contribution in [-0.2, 0) is 0 Å². The van der Waals surface area contributed by atoms with Crippen LogP contribution in [0.4, 0.5) is 23.0 Å². The summed E-state index contributed by atoms with van der Waals surface area (Å²) in [6, 6.07) is 51.7. The summed E-state index contributed by atoms with van der Waals surface area (Å²) in [6.07, 6.45) is 5.38. The van der Waals surface area contributed by atoms with Crippen molar-refractivity contribution in [3.63, 3.8) is 0 Å². The first-order chi connectivity index (χ1) is 27.0. The van der Waals surface area contributed by atoms with E-state index >= 15 is 0 Å². The van der Waals surface area contributed by atoms with Crippen LogP contribution >= 0.6 is 0 Å². The molecule has 0 bridgehead atoms. The Morgan fingerprint density at radius 3 is 1.27 bits per heavy atom. The van der Waals surface area contributed by atoms with Gasteiger partial charge < -0.3 is 9.80 Å². The number of benzene rings is 6. The largest absolute Gasteiger partial charge is 0.305 e. The van der Waals surface area contributed by atoms with E-state index in [2.05, 4.69) is 170 Å². The lowest BCUT2D eigenvalue weighted by atomic mass is 9.80. The third kappa shape index (κ3) is 6.04. The lowest BCUT2D eigenvalue weighted by Gasteiger charge is -2.24. The molecule has 2 aromatic heterocycles. The molecule has 0 aliphatic carbocycles. The Morgan fingerprint density at radius 2 is 0.782 bits per heavy atom. The summed E-state index contributed by atoms with van der Waals surface area (Å²) >= 11 is 0. The number of fused-ring (bicyclic) bond motifs is 1. The van der Waals surface area contributed by atoms with E-state index in [0.29, 0.717) is 6.67 Å². The highest BCUT2D eigenvalue weighted by Crippen LogP contribution is 2.46. The SMILES string of the molecule is Cc1c(C)c(-c2ccccc2-c2ccc(N3CN(c4ccccc4)c4nccnc43)cc2)c(C)c(C)c1-c1ccccc1-c1ccc(-c2ccccn2)cc1. The lowest BCUT2D eigenvalue weighted by Crippen LogP contribution is -2.24. The molecule has 5 heteroatoms. The Bertz CT molecular complexity index is 2620. The summed E-state index contributed by atoms with van der Waals surface area (Å²) in [4.78, 5) is 18.5. The maximum Gasteiger partial charge on any atom is 0.178 e. The number of para-hydroxylation sites is 1. The number of nitrogens with zero attached hydrogens (tertiary/aromatic N) is 5. The molecule has 9 rings (SSSR count). The third-order valence-electron chi connectivity index (χ3n) is 11.2. The second-order valence-electron chi connectivity index (χ2n) is 14.2. The highest BCUT2D eigenvalue weighted by molar-refractivity contribution is 5.94. The van der Waals surface area contributed by atoms with Crippen molar-refractivity contribution in [2.45, 2.75) is 27.7 Å². The molecule has 0 saturated heterocycles. The molecule has 6 aromatic carbocycles. The van der Waals surface area contributed by atoms with E-state index in [0.717, 1.165) is 34.3 Å². The molecule has 5 nitrogen and oxygen atoms in total. The van der Waals surface area contributed by atoms with E-state index in [1.807, 2.05) is 24.4 Å². The van der Waals surface area contributed by atoms with Gasteiger partial charge in [0.1, 0.15) is 6.67 Å². The summed E-state index contributed by atoms with van der Waals surface area (Å²) in [5.41, 5.74) is 19.4. The molecule has 266 valence electrons. The molecule has 0 amide bonds. The quantitative estimate of drug-likeness (QED) is 0.165. The fraction of sp³-hybridized carbons (Fsp3) is 0.100. The second kappa shape index (κ2) is 14.2. The maximum absolute atomic E-state index is 4.75. The molecule has 55 heavy (non-hydrogen) atoms. The van der Waals surface area contributed by atoms with Crippen molar-refractivity contribution >= 4 is 23.0 Å². The van der Waals surface area contributed by atoms with Gasteiger partial charge in [0.2, 0.25) is 0 Å². The average Bonchev–Trinajstić information content (AvgIpc) is 3.64. The van der Waals surface area contributed by atoms with E-state index in [1.54, 1.807) is 12.4 Å². The van der Waals surface area contributed by atoms with Crippen molar-refractivity contribution in [2.75, 3.05) is 16.5 Å². The molecular formula is C50H41N5. The van der Waals surface area contributed by atoms with Crippen molar-refractivity contribution in [3.05, 3.63) is 186 Å². The van der Waals surface area contributed by atoms with Gasteiger partial charge in [-0.3, -0.25) is 4.98 Å².